The van der Waals surface area contributed by atoms with E-state index in [0.717, 1.165) is 5.56 Å². The number of benzene rings is 2. The average molecular weight is 350 g/mol. The van der Waals surface area contributed by atoms with Crippen LogP contribution in [0.25, 0.3) is 0 Å². The predicted molar refractivity (Wildman–Crippen MR) is 101 cm³/mol. The summed E-state index contributed by atoms with van der Waals surface area (Å²) in [6.07, 6.45) is 0. The summed E-state index contributed by atoms with van der Waals surface area (Å²) in [5.41, 5.74) is 2.07. The standard InChI is InChI=1S/C20H22N4O2/c1-23(2)20(22-14-15-8-4-3-5-9-15)21-12-13-24-18(25)16-10-6-7-11-17(16)19(24)26/h3-11H,12-14H2,1-2H3,(H,21,22). The highest BCUT2D eigenvalue weighted by atomic mass is 16.2. The van der Waals surface area contributed by atoms with Crippen molar-refractivity contribution in [2.75, 3.05) is 27.2 Å². The van der Waals surface area contributed by atoms with Crippen LogP contribution in [0.1, 0.15) is 26.3 Å². The Hall–Kier alpha value is -3.15. The van der Waals surface area contributed by atoms with E-state index in [4.69, 9.17) is 0 Å². The smallest absolute Gasteiger partial charge is 0.261 e. The van der Waals surface area contributed by atoms with Crippen molar-refractivity contribution in [3.63, 3.8) is 0 Å². The number of carbonyl (C=O) groups excluding carboxylic acids is 2. The monoisotopic (exact) mass is 350 g/mol. The molecule has 134 valence electrons. The van der Waals surface area contributed by atoms with E-state index in [1.807, 2.05) is 49.3 Å². The van der Waals surface area contributed by atoms with Crippen molar-refractivity contribution in [3.05, 3.63) is 71.3 Å². The lowest BCUT2D eigenvalue weighted by Crippen LogP contribution is -2.42. The first-order valence-electron chi connectivity index (χ1n) is 8.52. The molecule has 0 unspecified atom stereocenters. The lowest BCUT2D eigenvalue weighted by Gasteiger charge is -2.20. The van der Waals surface area contributed by atoms with E-state index < -0.39 is 0 Å². The molecule has 0 spiro atoms. The molecule has 0 aliphatic carbocycles. The van der Waals surface area contributed by atoms with E-state index in [9.17, 15) is 9.59 Å². The first kappa shape index (κ1) is 17.7. The molecule has 1 aliphatic heterocycles. The third-order valence-corrected chi connectivity index (χ3v) is 4.17. The summed E-state index contributed by atoms with van der Waals surface area (Å²) < 4.78 is 0. The number of fused-ring (bicyclic) bond motifs is 1. The average Bonchev–Trinajstić information content (AvgIpc) is 2.90. The first-order chi connectivity index (χ1) is 12.6. The topological polar surface area (TPSA) is 65.0 Å². The summed E-state index contributed by atoms with van der Waals surface area (Å²) in [5, 5.41) is 3.21. The SMILES string of the molecule is CN(C)C(=NCc1ccccc1)NCCN1C(=O)c2ccccc2C1=O. The van der Waals surface area contributed by atoms with Crippen molar-refractivity contribution in [2.45, 2.75) is 6.54 Å². The molecule has 1 aliphatic rings. The van der Waals surface area contributed by atoms with Gasteiger partial charge < -0.3 is 10.2 Å². The van der Waals surface area contributed by atoms with Gasteiger partial charge in [0.05, 0.1) is 17.7 Å². The van der Waals surface area contributed by atoms with Crippen LogP contribution >= 0.6 is 0 Å². The van der Waals surface area contributed by atoms with Crippen molar-refractivity contribution < 1.29 is 9.59 Å². The molecule has 0 atom stereocenters. The Morgan fingerprint density at radius 1 is 0.962 bits per heavy atom. The first-order valence-corrected chi connectivity index (χ1v) is 8.52. The Kier molecular flexibility index (Phi) is 5.31. The van der Waals surface area contributed by atoms with Crippen molar-refractivity contribution >= 4 is 17.8 Å². The molecule has 6 heteroatoms. The lowest BCUT2D eigenvalue weighted by atomic mass is 10.1. The molecule has 0 fully saturated rings. The highest BCUT2D eigenvalue weighted by Gasteiger charge is 2.34. The molecule has 6 nitrogen and oxygen atoms in total. The minimum atomic E-state index is -0.236. The zero-order valence-electron chi connectivity index (χ0n) is 15.0. The van der Waals surface area contributed by atoms with Crippen molar-refractivity contribution in [1.29, 1.82) is 0 Å². The van der Waals surface area contributed by atoms with E-state index in [-0.39, 0.29) is 11.8 Å². The summed E-state index contributed by atoms with van der Waals surface area (Å²) >= 11 is 0. The number of rotatable bonds is 5. The van der Waals surface area contributed by atoms with Gasteiger partial charge in [0.15, 0.2) is 5.96 Å². The van der Waals surface area contributed by atoms with E-state index in [2.05, 4.69) is 10.3 Å². The van der Waals surface area contributed by atoms with Gasteiger partial charge in [-0.25, -0.2) is 4.99 Å². The van der Waals surface area contributed by atoms with Gasteiger partial charge in [-0.1, -0.05) is 42.5 Å². The van der Waals surface area contributed by atoms with Gasteiger partial charge in [-0.05, 0) is 17.7 Å². The number of carbonyl (C=O) groups is 2. The van der Waals surface area contributed by atoms with E-state index in [1.165, 1.54) is 4.90 Å². The Labute approximate surface area is 153 Å². The Morgan fingerprint density at radius 3 is 2.12 bits per heavy atom. The maximum absolute atomic E-state index is 12.4. The molecule has 1 N–H and O–H groups in total. The third kappa shape index (κ3) is 3.74. The number of amides is 2. The minimum absolute atomic E-state index is 0.236. The van der Waals surface area contributed by atoms with Crippen LogP contribution in [0.5, 0.6) is 0 Å². The fourth-order valence-corrected chi connectivity index (χ4v) is 2.83. The third-order valence-electron chi connectivity index (χ3n) is 4.17. The molecule has 0 radical (unpaired) electrons. The molecule has 0 saturated carbocycles. The van der Waals surface area contributed by atoms with Crippen LogP contribution in [0.2, 0.25) is 0 Å². The fourth-order valence-electron chi connectivity index (χ4n) is 2.83. The minimum Gasteiger partial charge on any atom is -0.354 e. The van der Waals surface area contributed by atoms with Gasteiger partial charge in [-0.3, -0.25) is 14.5 Å². The van der Waals surface area contributed by atoms with Gasteiger partial charge in [0, 0.05) is 27.2 Å². The van der Waals surface area contributed by atoms with Gasteiger partial charge >= 0.3 is 0 Å². The maximum atomic E-state index is 12.4. The summed E-state index contributed by atoms with van der Waals surface area (Å²) in [4.78, 5) is 32.5. The molecule has 3 rings (SSSR count). The molecule has 2 aromatic carbocycles. The largest absolute Gasteiger partial charge is 0.354 e. The second-order valence-electron chi connectivity index (χ2n) is 6.25. The molecule has 0 saturated heterocycles. The summed E-state index contributed by atoms with van der Waals surface area (Å²) in [6.45, 7) is 1.30. The van der Waals surface area contributed by atoms with Crippen molar-refractivity contribution in [3.8, 4) is 0 Å². The van der Waals surface area contributed by atoms with E-state index >= 15 is 0 Å². The second-order valence-corrected chi connectivity index (χ2v) is 6.25. The van der Waals surface area contributed by atoms with E-state index in [1.54, 1.807) is 24.3 Å². The summed E-state index contributed by atoms with van der Waals surface area (Å²) in [5.74, 6) is 0.241. The molecule has 1 heterocycles. The van der Waals surface area contributed by atoms with Crippen LogP contribution in [0.4, 0.5) is 0 Å². The molecular weight excluding hydrogens is 328 g/mol. The quantitative estimate of drug-likeness (QED) is 0.509. The maximum Gasteiger partial charge on any atom is 0.261 e. The Balaban J connectivity index is 1.59. The zero-order valence-corrected chi connectivity index (χ0v) is 15.0. The number of nitrogens with zero attached hydrogens (tertiary/aromatic N) is 3. The van der Waals surface area contributed by atoms with Gasteiger partial charge in [-0.2, -0.15) is 0 Å². The molecule has 0 aromatic heterocycles. The van der Waals surface area contributed by atoms with Crippen LogP contribution in [-0.2, 0) is 6.54 Å². The molecule has 2 aromatic rings. The number of hydrogen-bond acceptors (Lipinski definition) is 3. The van der Waals surface area contributed by atoms with Crippen LogP contribution in [0.3, 0.4) is 0 Å². The van der Waals surface area contributed by atoms with E-state index in [0.29, 0.717) is 36.7 Å². The fraction of sp³-hybridized carbons (Fsp3) is 0.250. The number of imide groups is 1. The van der Waals surface area contributed by atoms with Crippen LogP contribution < -0.4 is 5.32 Å². The van der Waals surface area contributed by atoms with Crippen LogP contribution in [-0.4, -0.2) is 54.8 Å². The summed E-state index contributed by atoms with van der Waals surface area (Å²) in [7, 11) is 3.80. The lowest BCUT2D eigenvalue weighted by molar-refractivity contribution is 0.0657. The highest BCUT2D eigenvalue weighted by molar-refractivity contribution is 6.21. The highest BCUT2D eigenvalue weighted by Crippen LogP contribution is 2.21. The number of aliphatic imine (C=N–C) groups is 1. The molecule has 2 amide bonds. The normalized spacial score (nSPS) is 13.8. The van der Waals surface area contributed by atoms with Crippen LogP contribution in [0, 0.1) is 0 Å². The van der Waals surface area contributed by atoms with Crippen molar-refractivity contribution in [2.24, 2.45) is 4.99 Å². The Bertz CT molecular complexity index is 796. The second kappa shape index (κ2) is 7.82. The number of hydrogen-bond donors (Lipinski definition) is 1. The predicted octanol–water partition coefficient (Wildman–Crippen LogP) is 1.99. The molecule has 26 heavy (non-hydrogen) atoms. The van der Waals surface area contributed by atoms with Crippen LogP contribution in [0.15, 0.2) is 59.6 Å². The van der Waals surface area contributed by atoms with Gasteiger partial charge in [0.2, 0.25) is 0 Å². The van der Waals surface area contributed by atoms with Gasteiger partial charge in [0.1, 0.15) is 0 Å². The van der Waals surface area contributed by atoms with Gasteiger partial charge in [0.25, 0.3) is 11.8 Å². The molecular formula is C20H22N4O2. The van der Waals surface area contributed by atoms with Gasteiger partial charge in [-0.15, -0.1) is 0 Å². The summed E-state index contributed by atoms with van der Waals surface area (Å²) in [6, 6.07) is 16.9. The van der Waals surface area contributed by atoms with Crippen molar-refractivity contribution in [1.82, 2.24) is 15.1 Å². The zero-order chi connectivity index (χ0) is 18.5. The molecule has 0 bridgehead atoms. The Morgan fingerprint density at radius 2 is 1.54 bits per heavy atom. The number of guanidine groups is 1. The number of nitrogens with one attached hydrogen (secondary N) is 1.